The van der Waals surface area contributed by atoms with Crippen molar-refractivity contribution in [1.82, 2.24) is 10.2 Å². The monoisotopic (exact) mass is 238 g/mol. The summed E-state index contributed by atoms with van der Waals surface area (Å²) >= 11 is 1.86. The standard InChI is InChI=1S/C13H22N2S/c1-2-15(11-13-5-3-10-16-13)9-4-8-14-12-6-7-12/h3,5,10,12,14H,2,4,6-9,11H2,1H3. The van der Waals surface area contributed by atoms with Crippen LogP contribution in [0.5, 0.6) is 0 Å². The zero-order chi connectivity index (χ0) is 11.2. The maximum atomic E-state index is 3.57. The van der Waals surface area contributed by atoms with Gasteiger partial charge in [0.1, 0.15) is 0 Å². The van der Waals surface area contributed by atoms with E-state index in [0.717, 1.165) is 19.1 Å². The SMILES string of the molecule is CCN(CCCNC1CC1)Cc1cccs1. The van der Waals surface area contributed by atoms with Gasteiger partial charge in [0.15, 0.2) is 0 Å². The lowest BCUT2D eigenvalue weighted by Crippen LogP contribution is -2.27. The zero-order valence-electron chi connectivity index (χ0n) is 10.1. The summed E-state index contributed by atoms with van der Waals surface area (Å²) in [6.45, 7) is 6.93. The first kappa shape index (κ1) is 12.1. The minimum Gasteiger partial charge on any atom is -0.314 e. The Labute approximate surface area is 103 Å². The summed E-state index contributed by atoms with van der Waals surface area (Å²) in [7, 11) is 0. The number of nitrogens with one attached hydrogen (secondary N) is 1. The Morgan fingerprint density at radius 2 is 2.38 bits per heavy atom. The van der Waals surface area contributed by atoms with Gasteiger partial charge in [0.25, 0.3) is 0 Å². The van der Waals surface area contributed by atoms with E-state index in [1.165, 1.54) is 37.2 Å². The summed E-state index contributed by atoms with van der Waals surface area (Å²) in [5, 5.41) is 5.74. The lowest BCUT2D eigenvalue weighted by molar-refractivity contribution is 0.277. The van der Waals surface area contributed by atoms with Crippen LogP contribution in [0.3, 0.4) is 0 Å². The third kappa shape index (κ3) is 4.24. The Hall–Kier alpha value is -0.380. The molecule has 16 heavy (non-hydrogen) atoms. The van der Waals surface area contributed by atoms with Gasteiger partial charge >= 0.3 is 0 Å². The molecule has 2 rings (SSSR count). The predicted octanol–water partition coefficient (Wildman–Crippen LogP) is 2.71. The van der Waals surface area contributed by atoms with E-state index in [1.807, 2.05) is 11.3 Å². The van der Waals surface area contributed by atoms with E-state index in [4.69, 9.17) is 0 Å². The molecule has 2 nitrogen and oxygen atoms in total. The van der Waals surface area contributed by atoms with Crippen LogP contribution in [-0.4, -0.2) is 30.6 Å². The van der Waals surface area contributed by atoms with E-state index in [9.17, 15) is 0 Å². The second kappa shape index (κ2) is 6.38. The number of thiophene rings is 1. The lowest BCUT2D eigenvalue weighted by atomic mass is 10.3. The number of hydrogen-bond donors (Lipinski definition) is 1. The summed E-state index contributed by atoms with van der Waals surface area (Å²) in [4.78, 5) is 4.01. The molecular weight excluding hydrogens is 216 g/mol. The molecule has 0 atom stereocenters. The molecule has 0 amide bonds. The molecule has 0 aromatic carbocycles. The van der Waals surface area contributed by atoms with Gasteiger partial charge in [0, 0.05) is 17.5 Å². The number of nitrogens with zero attached hydrogens (tertiary/aromatic N) is 1. The fraction of sp³-hybridized carbons (Fsp3) is 0.692. The minimum atomic E-state index is 0.854. The summed E-state index contributed by atoms with van der Waals surface area (Å²) in [5.74, 6) is 0. The molecule has 1 fully saturated rings. The Kier molecular flexibility index (Phi) is 4.82. The van der Waals surface area contributed by atoms with Crippen molar-refractivity contribution in [1.29, 1.82) is 0 Å². The minimum absolute atomic E-state index is 0.854. The van der Waals surface area contributed by atoms with Crippen molar-refractivity contribution in [2.24, 2.45) is 0 Å². The number of hydrogen-bond acceptors (Lipinski definition) is 3. The molecule has 0 aliphatic heterocycles. The predicted molar refractivity (Wildman–Crippen MR) is 70.9 cm³/mol. The van der Waals surface area contributed by atoms with Gasteiger partial charge in [-0.2, -0.15) is 0 Å². The molecule has 1 aromatic rings. The highest BCUT2D eigenvalue weighted by Crippen LogP contribution is 2.18. The Morgan fingerprint density at radius 3 is 3.00 bits per heavy atom. The van der Waals surface area contributed by atoms with Crippen LogP contribution in [0.4, 0.5) is 0 Å². The molecule has 1 aliphatic rings. The average Bonchev–Trinajstić information content (AvgIpc) is 2.99. The van der Waals surface area contributed by atoms with Gasteiger partial charge in [-0.25, -0.2) is 0 Å². The lowest BCUT2D eigenvalue weighted by Gasteiger charge is -2.19. The first-order chi connectivity index (χ1) is 7.88. The molecule has 1 aromatic heterocycles. The van der Waals surface area contributed by atoms with Crippen molar-refractivity contribution in [3.8, 4) is 0 Å². The van der Waals surface area contributed by atoms with Gasteiger partial charge in [-0.3, -0.25) is 4.90 Å². The van der Waals surface area contributed by atoms with Crippen LogP contribution in [0.25, 0.3) is 0 Å². The summed E-state index contributed by atoms with van der Waals surface area (Å²) in [6, 6.07) is 5.23. The third-order valence-electron chi connectivity index (χ3n) is 3.07. The highest BCUT2D eigenvalue weighted by molar-refractivity contribution is 7.09. The second-order valence-electron chi connectivity index (χ2n) is 4.53. The van der Waals surface area contributed by atoms with E-state index in [-0.39, 0.29) is 0 Å². The molecule has 1 heterocycles. The fourth-order valence-electron chi connectivity index (χ4n) is 1.87. The molecule has 0 radical (unpaired) electrons. The normalized spacial score (nSPS) is 15.9. The van der Waals surface area contributed by atoms with Crippen LogP contribution in [0, 0.1) is 0 Å². The van der Waals surface area contributed by atoms with E-state index in [0.29, 0.717) is 0 Å². The van der Waals surface area contributed by atoms with Crippen LogP contribution < -0.4 is 5.32 Å². The highest BCUT2D eigenvalue weighted by Gasteiger charge is 2.19. The maximum Gasteiger partial charge on any atom is 0.0327 e. The smallest absolute Gasteiger partial charge is 0.0327 e. The molecule has 0 unspecified atom stereocenters. The van der Waals surface area contributed by atoms with Crippen LogP contribution in [0.1, 0.15) is 31.1 Å². The molecular formula is C13H22N2S. The molecule has 1 N–H and O–H groups in total. The van der Waals surface area contributed by atoms with E-state index >= 15 is 0 Å². The Balaban J connectivity index is 1.60. The summed E-state index contributed by atoms with van der Waals surface area (Å²) in [6.07, 6.45) is 4.06. The van der Waals surface area contributed by atoms with Crippen molar-refractivity contribution in [2.75, 3.05) is 19.6 Å². The average molecular weight is 238 g/mol. The van der Waals surface area contributed by atoms with Crippen molar-refractivity contribution in [3.63, 3.8) is 0 Å². The first-order valence-corrected chi connectivity index (χ1v) is 7.24. The van der Waals surface area contributed by atoms with Crippen molar-refractivity contribution >= 4 is 11.3 Å². The first-order valence-electron chi connectivity index (χ1n) is 6.36. The summed E-state index contributed by atoms with van der Waals surface area (Å²) < 4.78 is 0. The van der Waals surface area contributed by atoms with E-state index < -0.39 is 0 Å². The molecule has 0 saturated heterocycles. The van der Waals surface area contributed by atoms with Crippen LogP contribution in [-0.2, 0) is 6.54 Å². The fourth-order valence-corrected chi connectivity index (χ4v) is 2.61. The van der Waals surface area contributed by atoms with Gasteiger partial charge in [0.2, 0.25) is 0 Å². The summed E-state index contributed by atoms with van der Waals surface area (Å²) in [5.41, 5.74) is 0. The second-order valence-corrected chi connectivity index (χ2v) is 5.56. The van der Waals surface area contributed by atoms with Crippen LogP contribution >= 0.6 is 11.3 Å². The molecule has 3 heteroatoms. The van der Waals surface area contributed by atoms with Crippen molar-refractivity contribution in [2.45, 2.75) is 38.8 Å². The number of rotatable bonds is 8. The zero-order valence-corrected chi connectivity index (χ0v) is 10.9. The quantitative estimate of drug-likeness (QED) is 0.701. The van der Waals surface area contributed by atoms with E-state index in [1.54, 1.807) is 0 Å². The third-order valence-corrected chi connectivity index (χ3v) is 3.93. The van der Waals surface area contributed by atoms with Gasteiger partial charge in [-0.15, -0.1) is 11.3 Å². The Bertz CT molecular complexity index is 280. The maximum absolute atomic E-state index is 3.57. The van der Waals surface area contributed by atoms with Crippen LogP contribution in [0.2, 0.25) is 0 Å². The molecule has 90 valence electrons. The molecule has 0 spiro atoms. The van der Waals surface area contributed by atoms with Gasteiger partial charge in [-0.1, -0.05) is 13.0 Å². The van der Waals surface area contributed by atoms with Crippen LogP contribution in [0.15, 0.2) is 17.5 Å². The van der Waals surface area contributed by atoms with Gasteiger partial charge in [-0.05, 0) is 50.3 Å². The van der Waals surface area contributed by atoms with Crippen molar-refractivity contribution in [3.05, 3.63) is 22.4 Å². The molecule has 1 aliphatic carbocycles. The Morgan fingerprint density at radius 1 is 1.50 bits per heavy atom. The van der Waals surface area contributed by atoms with Crippen molar-refractivity contribution < 1.29 is 0 Å². The molecule has 1 saturated carbocycles. The largest absolute Gasteiger partial charge is 0.314 e. The van der Waals surface area contributed by atoms with E-state index in [2.05, 4.69) is 34.7 Å². The van der Waals surface area contributed by atoms with Gasteiger partial charge in [0.05, 0.1) is 0 Å². The molecule has 0 bridgehead atoms. The van der Waals surface area contributed by atoms with Gasteiger partial charge < -0.3 is 5.32 Å². The topological polar surface area (TPSA) is 15.3 Å². The highest BCUT2D eigenvalue weighted by atomic mass is 32.1.